The maximum Gasteiger partial charge on any atom is 0.240 e. The van der Waals surface area contributed by atoms with Crippen LogP contribution in [0.3, 0.4) is 0 Å². The molecule has 0 aliphatic carbocycles. The zero-order chi connectivity index (χ0) is 15.7. The molecule has 0 aromatic carbocycles. The van der Waals surface area contributed by atoms with Gasteiger partial charge in [0.15, 0.2) is 0 Å². The lowest BCUT2D eigenvalue weighted by atomic mass is 10.1. The predicted molar refractivity (Wildman–Crippen MR) is 82.0 cm³/mol. The molecule has 1 unspecified atom stereocenters. The van der Waals surface area contributed by atoms with Gasteiger partial charge in [0.25, 0.3) is 0 Å². The van der Waals surface area contributed by atoms with E-state index in [0.717, 1.165) is 32.5 Å². The molecular formula is C15H29N3O3. The number of hydrogen-bond acceptors (Lipinski definition) is 4. The van der Waals surface area contributed by atoms with Gasteiger partial charge in [0.05, 0.1) is 19.1 Å². The van der Waals surface area contributed by atoms with E-state index >= 15 is 0 Å². The van der Waals surface area contributed by atoms with E-state index in [2.05, 4.69) is 19.2 Å². The normalized spacial score (nSPS) is 18.9. The molecule has 2 amide bonds. The van der Waals surface area contributed by atoms with Gasteiger partial charge in [-0.05, 0) is 12.8 Å². The van der Waals surface area contributed by atoms with Crippen LogP contribution >= 0.6 is 0 Å². The van der Waals surface area contributed by atoms with Crippen LogP contribution < -0.4 is 5.32 Å². The summed E-state index contributed by atoms with van der Waals surface area (Å²) in [6.07, 6.45) is 2.14. The number of amides is 2. The summed E-state index contributed by atoms with van der Waals surface area (Å²) in [7, 11) is 1.63. The maximum absolute atomic E-state index is 12.3. The minimum Gasteiger partial charge on any atom is -0.383 e. The number of carbonyl (C=O) groups is 2. The van der Waals surface area contributed by atoms with E-state index in [9.17, 15) is 9.59 Å². The van der Waals surface area contributed by atoms with Gasteiger partial charge in [0, 0.05) is 39.8 Å². The highest BCUT2D eigenvalue weighted by Crippen LogP contribution is 2.08. The summed E-state index contributed by atoms with van der Waals surface area (Å²) in [5, 5.41) is 3.17. The molecule has 1 rings (SSSR count). The molecule has 0 aromatic heterocycles. The van der Waals surface area contributed by atoms with E-state index in [1.165, 1.54) is 0 Å². The third kappa shape index (κ3) is 5.63. The second-order valence-corrected chi connectivity index (χ2v) is 5.41. The van der Waals surface area contributed by atoms with Crippen LogP contribution in [0, 0.1) is 0 Å². The van der Waals surface area contributed by atoms with Gasteiger partial charge in [-0.15, -0.1) is 0 Å². The van der Waals surface area contributed by atoms with Gasteiger partial charge in [-0.1, -0.05) is 13.8 Å². The van der Waals surface area contributed by atoms with Gasteiger partial charge in [0.2, 0.25) is 11.8 Å². The van der Waals surface area contributed by atoms with Gasteiger partial charge >= 0.3 is 0 Å². The average molecular weight is 299 g/mol. The van der Waals surface area contributed by atoms with E-state index in [-0.39, 0.29) is 24.3 Å². The Morgan fingerprint density at radius 2 is 2.05 bits per heavy atom. The zero-order valence-electron chi connectivity index (χ0n) is 13.6. The highest BCUT2D eigenvalue weighted by Gasteiger charge is 2.30. The Hall–Kier alpha value is -1.14. The van der Waals surface area contributed by atoms with Crippen molar-refractivity contribution in [2.45, 2.75) is 39.2 Å². The van der Waals surface area contributed by atoms with Crippen LogP contribution in [0.2, 0.25) is 0 Å². The first-order valence-corrected chi connectivity index (χ1v) is 7.92. The standard InChI is InChI=1S/C15H29N3O3/c1-4-7-17(8-5-2)14(19)12-13-15(20)18(9-6-16-13)10-11-21-3/h13,16H,4-12H2,1-3H3. The average Bonchev–Trinajstić information content (AvgIpc) is 2.48. The molecule has 1 fully saturated rings. The van der Waals surface area contributed by atoms with Gasteiger partial charge < -0.3 is 19.9 Å². The molecule has 21 heavy (non-hydrogen) atoms. The van der Waals surface area contributed by atoms with Crippen LogP contribution in [0.5, 0.6) is 0 Å². The molecule has 1 aliphatic rings. The number of piperazine rings is 1. The van der Waals surface area contributed by atoms with Crippen molar-refractivity contribution >= 4 is 11.8 Å². The summed E-state index contributed by atoms with van der Waals surface area (Å²) >= 11 is 0. The quantitative estimate of drug-likeness (QED) is 0.672. The van der Waals surface area contributed by atoms with Gasteiger partial charge in [0.1, 0.15) is 0 Å². The van der Waals surface area contributed by atoms with Crippen molar-refractivity contribution in [3.05, 3.63) is 0 Å². The molecule has 122 valence electrons. The number of ether oxygens (including phenoxy) is 1. The maximum atomic E-state index is 12.3. The fourth-order valence-electron chi connectivity index (χ4n) is 2.58. The minimum atomic E-state index is -0.390. The predicted octanol–water partition coefficient (Wildman–Crippen LogP) is 0.472. The van der Waals surface area contributed by atoms with Crippen LogP contribution in [0.15, 0.2) is 0 Å². The first-order chi connectivity index (χ1) is 10.1. The fourth-order valence-corrected chi connectivity index (χ4v) is 2.58. The zero-order valence-corrected chi connectivity index (χ0v) is 13.6. The second kappa shape index (κ2) is 9.73. The molecular weight excluding hydrogens is 270 g/mol. The van der Waals surface area contributed by atoms with E-state index < -0.39 is 0 Å². The molecule has 1 heterocycles. The lowest BCUT2D eigenvalue weighted by Gasteiger charge is -2.33. The van der Waals surface area contributed by atoms with Crippen molar-refractivity contribution < 1.29 is 14.3 Å². The Balaban J connectivity index is 2.54. The largest absolute Gasteiger partial charge is 0.383 e. The number of nitrogens with one attached hydrogen (secondary N) is 1. The molecule has 0 bridgehead atoms. The molecule has 0 radical (unpaired) electrons. The fraction of sp³-hybridized carbons (Fsp3) is 0.867. The summed E-state index contributed by atoms with van der Waals surface area (Å²) in [5.41, 5.74) is 0. The Bertz CT molecular complexity index is 330. The molecule has 0 spiro atoms. The van der Waals surface area contributed by atoms with E-state index in [1.807, 2.05) is 4.90 Å². The number of rotatable bonds is 9. The summed E-state index contributed by atoms with van der Waals surface area (Å²) < 4.78 is 5.02. The smallest absolute Gasteiger partial charge is 0.240 e. The van der Waals surface area contributed by atoms with Gasteiger partial charge in [-0.2, -0.15) is 0 Å². The first-order valence-electron chi connectivity index (χ1n) is 7.92. The molecule has 0 saturated carbocycles. The van der Waals surface area contributed by atoms with E-state index in [0.29, 0.717) is 19.7 Å². The van der Waals surface area contributed by atoms with E-state index in [1.54, 1.807) is 12.0 Å². The molecule has 0 aromatic rings. The Labute approximate surface area is 127 Å². The lowest BCUT2D eigenvalue weighted by Crippen LogP contribution is -2.57. The second-order valence-electron chi connectivity index (χ2n) is 5.41. The lowest BCUT2D eigenvalue weighted by molar-refractivity contribution is -0.141. The summed E-state index contributed by atoms with van der Waals surface area (Å²) in [5.74, 6) is 0.0812. The molecule has 1 aliphatic heterocycles. The van der Waals surface area contributed by atoms with Crippen molar-refractivity contribution in [2.24, 2.45) is 0 Å². The first kappa shape index (κ1) is 17.9. The highest BCUT2D eigenvalue weighted by atomic mass is 16.5. The SMILES string of the molecule is CCCN(CCC)C(=O)CC1NCCN(CCOC)C1=O. The van der Waals surface area contributed by atoms with Crippen LogP contribution in [0.25, 0.3) is 0 Å². The number of methoxy groups -OCH3 is 1. The molecule has 6 nitrogen and oxygen atoms in total. The van der Waals surface area contributed by atoms with E-state index in [4.69, 9.17) is 4.74 Å². The number of hydrogen-bond donors (Lipinski definition) is 1. The molecule has 1 N–H and O–H groups in total. The van der Waals surface area contributed by atoms with Crippen molar-refractivity contribution in [2.75, 3.05) is 46.4 Å². The Morgan fingerprint density at radius 1 is 1.38 bits per heavy atom. The van der Waals surface area contributed by atoms with Crippen LogP contribution in [-0.2, 0) is 14.3 Å². The highest BCUT2D eigenvalue weighted by molar-refractivity contribution is 5.89. The third-order valence-corrected chi connectivity index (χ3v) is 3.67. The Morgan fingerprint density at radius 3 is 2.62 bits per heavy atom. The summed E-state index contributed by atoms with van der Waals surface area (Å²) in [4.78, 5) is 28.3. The van der Waals surface area contributed by atoms with Crippen LogP contribution in [0.4, 0.5) is 0 Å². The molecule has 1 saturated heterocycles. The van der Waals surface area contributed by atoms with Crippen LogP contribution in [0.1, 0.15) is 33.1 Å². The van der Waals surface area contributed by atoms with Crippen molar-refractivity contribution in [3.8, 4) is 0 Å². The summed E-state index contributed by atoms with van der Waals surface area (Å²) in [6, 6.07) is -0.390. The topological polar surface area (TPSA) is 61.9 Å². The van der Waals surface area contributed by atoms with Crippen LogP contribution in [-0.4, -0.2) is 74.1 Å². The Kier molecular flexibility index (Phi) is 8.30. The molecule has 1 atom stereocenters. The van der Waals surface area contributed by atoms with Gasteiger partial charge in [-0.25, -0.2) is 0 Å². The minimum absolute atomic E-state index is 0.0135. The van der Waals surface area contributed by atoms with Gasteiger partial charge in [-0.3, -0.25) is 9.59 Å². The molecule has 6 heteroatoms. The van der Waals surface area contributed by atoms with Crippen molar-refractivity contribution in [1.29, 1.82) is 0 Å². The number of carbonyl (C=O) groups excluding carboxylic acids is 2. The summed E-state index contributed by atoms with van der Waals surface area (Å²) in [6.45, 7) is 8.19. The number of nitrogens with zero attached hydrogens (tertiary/aromatic N) is 2. The van der Waals surface area contributed by atoms with Crippen molar-refractivity contribution in [3.63, 3.8) is 0 Å². The monoisotopic (exact) mass is 299 g/mol. The van der Waals surface area contributed by atoms with Crippen molar-refractivity contribution in [1.82, 2.24) is 15.1 Å². The third-order valence-electron chi connectivity index (χ3n) is 3.67.